The molecule has 4 aromatic rings. The van der Waals surface area contributed by atoms with Crippen LogP contribution in [0.25, 0.3) is 11.0 Å². The predicted molar refractivity (Wildman–Crippen MR) is 129 cm³/mol. The number of nitrogens with zero attached hydrogens (tertiary/aromatic N) is 4. The topological polar surface area (TPSA) is 102 Å². The van der Waals surface area contributed by atoms with Gasteiger partial charge in [0.25, 0.3) is 0 Å². The van der Waals surface area contributed by atoms with Crippen molar-refractivity contribution in [2.45, 2.75) is 33.0 Å². The third-order valence-electron chi connectivity index (χ3n) is 5.88. The van der Waals surface area contributed by atoms with Crippen LogP contribution in [-0.4, -0.2) is 21.0 Å². The monoisotopic (exact) mass is 455 g/mol. The highest BCUT2D eigenvalue weighted by atomic mass is 32.1. The fraction of sp³-hybridized carbons (Fsp3) is 0.200. The summed E-state index contributed by atoms with van der Waals surface area (Å²) in [7, 11) is 0. The zero-order chi connectivity index (χ0) is 23.1. The first-order valence-corrected chi connectivity index (χ1v) is 11.5. The summed E-state index contributed by atoms with van der Waals surface area (Å²) in [5, 5.41) is 26.9. The number of anilines is 2. The summed E-state index contributed by atoms with van der Waals surface area (Å²) in [6.07, 6.45) is 0. The second kappa shape index (κ2) is 8.19. The number of aryl methyl sites for hydroxylation is 1. The van der Waals surface area contributed by atoms with Crippen molar-refractivity contribution in [3.63, 3.8) is 0 Å². The zero-order valence-corrected chi connectivity index (χ0v) is 19.0. The molecule has 3 heterocycles. The van der Waals surface area contributed by atoms with Crippen molar-refractivity contribution in [2.75, 3.05) is 10.2 Å². The van der Waals surface area contributed by atoms with Crippen LogP contribution < -0.4 is 10.2 Å². The number of carbonyl (C=O) groups is 1. The van der Waals surface area contributed by atoms with Crippen molar-refractivity contribution in [1.29, 1.82) is 5.26 Å². The van der Waals surface area contributed by atoms with E-state index in [0.717, 1.165) is 11.1 Å². The maximum atomic E-state index is 11.6. The van der Waals surface area contributed by atoms with Crippen LogP contribution in [0.5, 0.6) is 0 Å². The molecule has 8 heteroatoms. The van der Waals surface area contributed by atoms with Gasteiger partial charge in [0.05, 0.1) is 22.6 Å². The summed E-state index contributed by atoms with van der Waals surface area (Å²) in [6.45, 7) is 5.35. The Labute approximate surface area is 195 Å². The number of nitrogens with one attached hydrogen (secondary N) is 1. The average molecular weight is 456 g/mol. The highest BCUT2D eigenvalue weighted by molar-refractivity contribution is 7.08. The molecule has 33 heavy (non-hydrogen) atoms. The molecule has 1 aliphatic heterocycles. The number of aromatic nitrogens is 2. The molecule has 0 fully saturated rings. The summed E-state index contributed by atoms with van der Waals surface area (Å²) < 4.78 is 0. The van der Waals surface area contributed by atoms with Crippen LogP contribution in [0.4, 0.5) is 11.5 Å². The van der Waals surface area contributed by atoms with Crippen molar-refractivity contribution in [3.05, 3.63) is 80.7 Å². The fourth-order valence-electron chi connectivity index (χ4n) is 4.30. The molecule has 0 saturated carbocycles. The Bertz CT molecular complexity index is 1420. The van der Waals surface area contributed by atoms with E-state index in [1.807, 2.05) is 26.0 Å². The van der Waals surface area contributed by atoms with E-state index < -0.39 is 5.97 Å². The van der Waals surface area contributed by atoms with Crippen LogP contribution in [0.2, 0.25) is 0 Å². The highest BCUT2D eigenvalue weighted by Gasteiger charge is 2.25. The summed E-state index contributed by atoms with van der Waals surface area (Å²) in [5.41, 5.74) is 6.83. The number of benzene rings is 2. The van der Waals surface area contributed by atoms with Gasteiger partial charge < -0.3 is 15.3 Å². The lowest BCUT2D eigenvalue weighted by Gasteiger charge is -2.22. The lowest BCUT2D eigenvalue weighted by Crippen LogP contribution is -2.19. The first-order valence-electron chi connectivity index (χ1n) is 10.5. The summed E-state index contributed by atoms with van der Waals surface area (Å²) in [6, 6.07) is 12.8. The minimum Gasteiger partial charge on any atom is -0.478 e. The van der Waals surface area contributed by atoms with Crippen LogP contribution in [0.1, 0.15) is 51.3 Å². The van der Waals surface area contributed by atoms with E-state index in [0.29, 0.717) is 41.3 Å². The smallest absolute Gasteiger partial charge is 0.337 e. The first kappa shape index (κ1) is 20.9. The van der Waals surface area contributed by atoms with Crippen molar-refractivity contribution < 1.29 is 9.90 Å². The van der Waals surface area contributed by atoms with Gasteiger partial charge >= 0.3 is 5.97 Å². The Morgan fingerprint density at radius 3 is 2.64 bits per heavy atom. The molecule has 0 spiro atoms. The lowest BCUT2D eigenvalue weighted by atomic mass is 10.0. The largest absolute Gasteiger partial charge is 0.478 e. The minimum atomic E-state index is -0.985. The Balaban J connectivity index is 1.58. The van der Waals surface area contributed by atoms with Gasteiger partial charge in [0.1, 0.15) is 6.07 Å². The molecule has 0 radical (unpaired) electrons. The van der Waals surface area contributed by atoms with Gasteiger partial charge in [-0.1, -0.05) is 18.2 Å². The SMILES string of the molecule is Cc1cc([C@@H](C)Nc2ccccc2C(=O)O)c2nc(N3Cc4cscc4C3)c(C#N)nc2c1. The zero-order valence-electron chi connectivity index (χ0n) is 18.2. The summed E-state index contributed by atoms with van der Waals surface area (Å²) in [5.74, 6) is -0.407. The summed E-state index contributed by atoms with van der Waals surface area (Å²) in [4.78, 5) is 23.3. The fourth-order valence-corrected chi connectivity index (χ4v) is 5.15. The number of aromatic carboxylic acids is 1. The van der Waals surface area contributed by atoms with Gasteiger partial charge in [0.2, 0.25) is 0 Å². The molecular formula is C25H21N5O2S. The van der Waals surface area contributed by atoms with Gasteiger partial charge in [-0.2, -0.15) is 16.6 Å². The lowest BCUT2D eigenvalue weighted by molar-refractivity contribution is 0.0698. The average Bonchev–Trinajstić information content (AvgIpc) is 3.40. The number of nitriles is 1. The second-order valence-electron chi connectivity index (χ2n) is 8.22. The van der Waals surface area contributed by atoms with Crippen LogP contribution >= 0.6 is 11.3 Å². The number of hydrogen-bond donors (Lipinski definition) is 2. The van der Waals surface area contributed by atoms with Crippen molar-refractivity contribution in [1.82, 2.24) is 9.97 Å². The molecule has 2 N–H and O–H groups in total. The number of carboxylic acid groups (broad SMARTS) is 1. The van der Waals surface area contributed by atoms with Crippen LogP contribution in [0.15, 0.2) is 47.2 Å². The van der Waals surface area contributed by atoms with Gasteiger partial charge in [-0.25, -0.2) is 14.8 Å². The van der Waals surface area contributed by atoms with E-state index in [4.69, 9.17) is 4.98 Å². The quantitative estimate of drug-likeness (QED) is 0.423. The number of rotatable bonds is 5. The third-order valence-corrected chi connectivity index (χ3v) is 6.72. The number of para-hydroxylation sites is 1. The van der Waals surface area contributed by atoms with Gasteiger partial charge in [-0.15, -0.1) is 0 Å². The molecule has 7 nitrogen and oxygen atoms in total. The van der Waals surface area contributed by atoms with Gasteiger partial charge in [-0.3, -0.25) is 0 Å². The Morgan fingerprint density at radius 2 is 1.94 bits per heavy atom. The van der Waals surface area contributed by atoms with Crippen molar-refractivity contribution in [3.8, 4) is 6.07 Å². The molecule has 1 atom stereocenters. The maximum absolute atomic E-state index is 11.6. The molecule has 5 rings (SSSR count). The minimum absolute atomic E-state index is 0.211. The Hall–Kier alpha value is -3.96. The predicted octanol–water partition coefficient (Wildman–Crippen LogP) is 5.26. The van der Waals surface area contributed by atoms with Crippen molar-refractivity contribution in [2.24, 2.45) is 0 Å². The molecule has 0 unspecified atom stereocenters. The molecule has 0 amide bonds. The third kappa shape index (κ3) is 3.77. The molecule has 2 aromatic carbocycles. The molecule has 0 bridgehead atoms. The number of carboxylic acids is 1. The van der Waals surface area contributed by atoms with Gasteiger partial charge in [-0.05, 0) is 59.5 Å². The van der Waals surface area contributed by atoms with E-state index >= 15 is 0 Å². The number of fused-ring (bicyclic) bond motifs is 2. The Morgan fingerprint density at radius 1 is 1.21 bits per heavy atom. The first-order chi connectivity index (χ1) is 15.9. The molecular weight excluding hydrogens is 434 g/mol. The highest BCUT2D eigenvalue weighted by Crippen LogP contribution is 2.34. The Kier molecular flexibility index (Phi) is 5.19. The molecule has 164 valence electrons. The van der Waals surface area contributed by atoms with Crippen molar-refractivity contribution >= 4 is 39.8 Å². The van der Waals surface area contributed by atoms with Gasteiger partial charge in [0, 0.05) is 24.3 Å². The van der Waals surface area contributed by atoms with E-state index in [9.17, 15) is 15.2 Å². The summed E-state index contributed by atoms with van der Waals surface area (Å²) >= 11 is 1.69. The maximum Gasteiger partial charge on any atom is 0.337 e. The normalized spacial score (nSPS) is 13.5. The standard InChI is InChI=1S/C25H21N5O2S/c1-14-7-19(15(2)27-20-6-4-3-5-18(20)25(31)32)23-21(8-14)28-22(9-26)24(29-23)30-10-16-12-33-13-17(16)11-30/h3-8,12-13,15,27H,10-11H2,1-2H3,(H,31,32)/t15-/m1/s1. The second-order valence-corrected chi connectivity index (χ2v) is 8.97. The molecule has 0 saturated heterocycles. The van der Waals surface area contributed by atoms with E-state index in [2.05, 4.69) is 32.0 Å². The molecule has 1 aliphatic rings. The van der Waals surface area contributed by atoms with E-state index in [1.165, 1.54) is 11.1 Å². The van der Waals surface area contributed by atoms with Crippen LogP contribution in [0, 0.1) is 18.3 Å². The van der Waals surface area contributed by atoms with Crippen LogP contribution in [-0.2, 0) is 13.1 Å². The van der Waals surface area contributed by atoms with E-state index in [-0.39, 0.29) is 11.6 Å². The van der Waals surface area contributed by atoms with Crippen LogP contribution in [0.3, 0.4) is 0 Å². The van der Waals surface area contributed by atoms with Gasteiger partial charge in [0.15, 0.2) is 11.5 Å². The molecule has 0 aliphatic carbocycles. The van der Waals surface area contributed by atoms with E-state index in [1.54, 1.807) is 35.6 Å². The number of thiophene rings is 1. The molecule has 2 aromatic heterocycles. The number of hydrogen-bond acceptors (Lipinski definition) is 7.